The third kappa shape index (κ3) is 6.74. The quantitative estimate of drug-likeness (QED) is 0.158. The summed E-state index contributed by atoms with van der Waals surface area (Å²) in [7, 11) is 0. The Kier molecular flexibility index (Phi) is 9.12. The molecule has 10 aromatic rings. The molecule has 9 nitrogen and oxygen atoms in total. The number of aryl methyl sites for hydroxylation is 4. The van der Waals surface area contributed by atoms with Gasteiger partial charge in [-0.25, -0.2) is 29.9 Å². The third-order valence-corrected chi connectivity index (χ3v) is 11.2. The number of aromatic nitrogens is 8. The maximum absolute atomic E-state index is 14.3. The Balaban J connectivity index is 1.33. The van der Waals surface area contributed by atoms with Crippen LogP contribution in [0.5, 0.6) is 0 Å². The van der Waals surface area contributed by atoms with Gasteiger partial charge in [0.25, 0.3) is 0 Å². The predicted octanol–water partition coefficient (Wildman–Crippen LogP) is 12.4. The Labute approximate surface area is 360 Å². The number of halogens is 6. The highest BCUT2D eigenvalue weighted by atomic mass is 19.4. The first-order valence-electron chi connectivity index (χ1n) is 19.9. The zero-order valence-corrected chi connectivity index (χ0v) is 34.3. The number of hydrogen-bond donors (Lipinski definition) is 0. The van der Waals surface area contributed by atoms with E-state index in [1.165, 1.54) is 12.1 Å². The first kappa shape index (κ1) is 40.1. The van der Waals surface area contributed by atoms with Crippen LogP contribution in [0.15, 0.2) is 115 Å². The summed E-state index contributed by atoms with van der Waals surface area (Å²) in [5.74, 6) is 3.13. The Morgan fingerprint density at radius 2 is 0.844 bits per heavy atom. The van der Waals surface area contributed by atoms with E-state index in [1.807, 2.05) is 94.1 Å². The molecule has 0 fully saturated rings. The van der Waals surface area contributed by atoms with Crippen molar-refractivity contribution >= 4 is 43.6 Å². The molecule has 15 heteroatoms. The second-order valence-electron chi connectivity index (χ2n) is 15.5. The van der Waals surface area contributed by atoms with E-state index < -0.39 is 29.0 Å². The number of fused-ring (bicyclic) bond motifs is 6. The van der Waals surface area contributed by atoms with Gasteiger partial charge >= 0.3 is 12.4 Å². The molecule has 4 heterocycles. The molecule has 0 atom stereocenters. The summed E-state index contributed by atoms with van der Waals surface area (Å²) in [4.78, 5) is 27.0. The molecule has 0 aliphatic heterocycles. The molecule has 0 amide bonds. The molecule has 0 radical (unpaired) electrons. The molecule has 0 saturated carbocycles. The molecule has 0 unspecified atom stereocenters. The average molecular weight is 860 g/mol. The summed E-state index contributed by atoms with van der Waals surface area (Å²) in [5, 5.41) is 14.0. The van der Waals surface area contributed by atoms with E-state index in [9.17, 15) is 31.6 Å². The number of hydrogen-bond acceptors (Lipinski definition) is 7. The van der Waals surface area contributed by atoms with E-state index in [0.29, 0.717) is 80.6 Å². The van der Waals surface area contributed by atoms with Gasteiger partial charge in [-0.05, 0) is 112 Å². The van der Waals surface area contributed by atoms with E-state index in [2.05, 4.69) is 36.0 Å². The lowest BCUT2D eigenvalue weighted by Crippen LogP contribution is -2.11. The van der Waals surface area contributed by atoms with E-state index >= 15 is 0 Å². The zero-order chi connectivity index (χ0) is 44.8. The maximum Gasteiger partial charge on any atom is 0.416 e. The second kappa shape index (κ2) is 14.6. The molecule has 0 bridgehead atoms. The highest BCUT2D eigenvalue weighted by Gasteiger charge is 2.37. The topological polar surface area (TPSA) is 111 Å². The summed E-state index contributed by atoms with van der Waals surface area (Å²) in [6.07, 6.45) is -10.2. The third-order valence-electron chi connectivity index (χ3n) is 11.2. The van der Waals surface area contributed by atoms with Gasteiger partial charge in [0.05, 0.1) is 56.2 Å². The zero-order valence-electron chi connectivity index (χ0n) is 34.3. The molecule has 0 aliphatic carbocycles. The molecule has 10 rings (SSSR count). The van der Waals surface area contributed by atoms with E-state index in [1.54, 1.807) is 27.7 Å². The molecule has 314 valence electrons. The molecular weight excluding hydrogens is 829 g/mol. The number of alkyl halides is 6. The van der Waals surface area contributed by atoms with Crippen LogP contribution < -0.4 is 0 Å². The van der Waals surface area contributed by atoms with Crippen molar-refractivity contribution in [1.82, 2.24) is 39.0 Å². The van der Waals surface area contributed by atoms with Crippen molar-refractivity contribution in [3.05, 3.63) is 155 Å². The van der Waals surface area contributed by atoms with Gasteiger partial charge in [0.1, 0.15) is 23.3 Å². The Morgan fingerprint density at radius 1 is 0.438 bits per heavy atom. The van der Waals surface area contributed by atoms with Crippen LogP contribution in [0.25, 0.3) is 88.9 Å². The maximum atomic E-state index is 14.3. The van der Waals surface area contributed by atoms with Crippen LogP contribution in [0.2, 0.25) is 0 Å². The van der Waals surface area contributed by atoms with Crippen LogP contribution >= 0.6 is 0 Å². The number of nitriles is 1. The summed E-state index contributed by atoms with van der Waals surface area (Å²) in [5.41, 5.74) is 1.31. The second-order valence-corrected chi connectivity index (χ2v) is 15.5. The summed E-state index contributed by atoms with van der Waals surface area (Å²) < 4.78 is 89.9. The lowest BCUT2D eigenvalue weighted by molar-refractivity contribution is -0.143. The van der Waals surface area contributed by atoms with E-state index in [0.717, 1.165) is 32.6 Å². The van der Waals surface area contributed by atoms with Crippen LogP contribution in [0.4, 0.5) is 26.3 Å². The minimum Gasteiger partial charge on any atom is -0.307 e. The van der Waals surface area contributed by atoms with Crippen molar-refractivity contribution in [3.8, 4) is 51.3 Å². The van der Waals surface area contributed by atoms with Gasteiger partial charge in [-0.2, -0.15) is 31.6 Å². The summed E-state index contributed by atoms with van der Waals surface area (Å²) in [6.45, 7) is 7.13. The highest BCUT2D eigenvalue weighted by molar-refractivity contribution is 6.13. The van der Waals surface area contributed by atoms with Gasteiger partial charge in [-0.3, -0.25) is 0 Å². The van der Waals surface area contributed by atoms with Gasteiger partial charge < -0.3 is 9.13 Å². The molecule has 6 aromatic carbocycles. The van der Waals surface area contributed by atoms with Crippen molar-refractivity contribution in [2.75, 3.05) is 0 Å². The lowest BCUT2D eigenvalue weighted by Gasteiger charge is -2.20. The van der Waals surface area contributed by atoms with Gasteiger partial charge in [0.15, 0.2) is 11.6 Å². The van der Waals surface area contributed by atoms with Gasteiger partial charge in [0, 0.05) is 38.2 Å². The van der Waals surface area contributed by atoms with Crippen LogP contribution in [-0.4, -0.2) is 39.0 Å². The van der Waals surface area contributed by atoms with Crippen molar-refractivity contribution in [2.45, 2.75) is 40.0 Å². The van der Waals surface area contributed by atoms with Gasteiger partial charge in [-0.15, -0.1) is 0 Å². The smallest absolute Gasteiger partial charge is 0.307 e. The molecular formula is C49H31F6N9. The predicted molar refractivity (Wildman–Crippen MR) is 232 cm³/mol. The molecule has 4 aromatic heterocycles. The molecule has 64 heavy (non-hydrogen) atoms. The van der Waals surface area contributed by atoms with E-state index in [-0.39, 0.29) is 17.2 Å². The molecule has 0 N–H and O–H groups in total. The molecule has 0 aliphatic rings. The minimum atomic E-state index is -5.12. The SMILES string of the molecule is Cc1nc(C)nc(-c2ccc3c(c2)c2ccccc2n3-c2cc(C#N)c(-c3cc(C(F)(F)F)cc(C(F)(F)F)c3)cc2-n2c3ccccc3c3cc(-c4nc(C)nc(C)n4)ccc32)n1. The Hall–Kier alpha value is -7.99. The fourth-order valence-corrected chi connectivity index (χ4v) is 8.61. The average Bonchev–Trinajstić information content (AvgIpc) is 3.76. The summed E-state index contributed by atoms with van der Waals surface area (Å²) in [6, 6.07) is 33.1. The molecule has 0 spiro atoms. The molecule has 0 saturated heterocycles. The Morgan fingerprint density at radius 3 is 1.27 bits per heavy atom. The van der Waals surface area contributed by atoms with Crippen molar-refractivity contribution < 1.29 is 26.3 Å². The first-order chi connectivity index (χ1) is 30.5. The lowest BCUT2D eigenvalue weighted by atomic mass is 9.94. The van der Waals surface area contributed by atoms with E-state index in [4.69, 9.17) is 0 Å². The monoisotopic (exact) mass is 859 g/mol. The fraction of sp³-hybridized carbons (Fsp3) is 0.122. The van der Waals surface area contributed by atoms with Crippen LogP contribution in [0.3, 0.4) is 0 Å². The van der Waals surface area contributed by atoms with Crippen LogP contribution in [-0.2, 0) is 12.4 Å². The van der Waals surface area contributed by atoms with Crippen molar-refractivity contribution in [2.24, 2.45) is 0 Å². The number of benzene rings is 6. The number of para-hydroxylation sites is 2. The van der Waals surface area contributed by atoms with Crippen LogP contribution in [0, 0.1) is 39.0 Å². The van der Waals surface area contributed by atoms with Crippen molar-refractivity contribution in [3.63, 3.8) is 0 Å². The highest BCUT2D eigenvalue weighted by Crippen LogP contribution is 2.44. The fourth-order valence-electron chi connectivity index (χ4n) is 8.61. The standard InChI is InChI=1S/C49H31F6N9/c1-25-57-26(2)60-46(59-25)29-13-15-42-38(19-29)35-9-5-7-11-40(35)63(42)44-21-32(24-56)37(31-17-33(48(50,51)52)22-34(18-31)49(53,54)55)23-45(44)64-41-12-8-6-10-36(41)39-20-30(14-16-43(39)64)47-61-27(3)58-28(4)62-47/h5-23H,1-4H3. The minimum absolute atomic E-state index is 0.0802. The van der Waals surface area contributed by atoms with Gasteiger partial charge in [-0.1, -0.05) is 36.4 Å². The number of nitrogens with zero attached hydrogens (tertiary/aromatic N) is 9. The van der Waals surface area contributed by atoms with Gasteiger partial charge in [0.2, 0.25) is 0 Å². The van der Waals surface area contributed by atoms with Crippen LogP contribution in [0.1, 0.15) is 40.0 Å². The Bertz CT molecular complexity index is 3540. The number of rotatable bonds is 5. The summed E-state index contributed by atoms with van der Waals surface area (Å²) >= 11 is 0. The van der Waals surface area contributed by atoms with Crippen molar-refractivity contribution in [1.29, 1.82) is 5.26 Å². The largest absolute Gasteiger partial charge is 0.416 e. The first-order valence-corrected chi connectivity index (χ1v) is 19.9. The normalized spacial score (nSPS) is 12.2.